The molecule has 15 heteroatoms. The van der Waals surface area contributed by atoms with E-state index in [1.165, 1.54) is 13.2 Å². The van der Waals surface area contributed by atoms with Gasteiger partial charge in [-0.1, -0.05) is 35.3 Å². The van der Waals surface area contributed by atoms with Crippen molar-refractivity contribution in [3.63, 3.8) is 0 Å². The molecule has 10 nitrogen and oxygen atoms in total. The molecule has 2 unspecified atom stereocenters. The van der Waals surface area contributed by atoms with Gasteiger partial charge < -0.3 is 19.5 Å². The molecule has 0 radical (unpaired) electrons. The van der Waals surface area contributed by atoms with Gasteiger partial charge in [-0.15, -0.1) is 0 Å². The first-order valence-corrected chi connectivity index (χ1v) is 19.6. The number of methoxy groups -OCH3 is 1. The van der Waals surface area contributed by atoms with E-state index in [0.29, 0.717) is 46.9 Å². The van der Waals surface area contributed by atoms with Crippen LogP contribution in [-0.2, 0) is 17.1 Å². The average molecular weight is 804 g/mol. The molecule has 1 N–H and O–H groups in total. The van der Waals surface area contributed by atoms with Gasteiger partial charge >= 0.3 is 6.09 Å². The normalized spacial score (nSPS) is 25.5. The monoisotopic (exact) mass is 802 g/mol. The Hall–Kier alpha value is -4.64. The highest BCUT2D eigenvalue weighted by Crippen LogP contribution is 2.54. The lowest BCUT2D eigenvalue weighted by Crippen LogP contribution is -2.48. The van der Waals surface area contributed by atoms with Gasteiger partial charge in [0.15, 0.2) is 5.82 Å². The number of carbonyl (C=O) groups excluding carboxylic acids is 1. The number of alkyl halides is 2. The number of rotatable bonds is 7. The number of nitrogens with zero attached hydrogens (tertiary/aromatic N) is 7. The highest BCUT2D eigenvalue weighted by Gasteiger charge is 2.56. The Morgan fingerprint density at radius 2 is 1.96 bits per heavy atom. The number of ether oxygens (including phenoxy) is 1. The molecule has 4 aliphatic heterocycles. The molecular formula is C41H39Cl2F3N8O2. The molecule has 10 rings (SSSR count). The van der Waals surface area contributed by atoms with Crippen molar-refractivity contribution in [2.24, 2.45) is 11.8 Å². The molecule has 5 fully saturated rings. The van der Waals surface area contributed by atoms with Crippen LogP contribution in [0.4, 0.5) is 23.8 Å². The molecule has 1 saturated carbocycles. The maximum absolute atomic E-state index is 17.3. The van der Waals surface area contributed by atoms with E-state index >= 15 is 4.39 Å². The number of halogens is 5. The van der Waals surface area contributed by atoms with Crippen molar-refractivity contribution < 1.29 is 22.7 Å². The number of likely N-dealkylation sites (tertiary alicyclic amines) is 1. The van der Waals surface area contributed by atoms with E-state index in [1.807, 2.05) is 24.8 Å². The predicted molar refractivity (Wildman–Crippen MR) is 208 cm³/mol. The Balaban J connectivity index is 1.28. The van der Waals surface area contributed by atoms with Crippen LogP contribution in [0.25, 0.3) is 32.9 Å². The van der Waals surface area contributed by atoms with Crippen LogP contribution >= 0.6 is 23.2 Å². The maximum atomic E-state index is 17.3. The molecule has 4 saturated heterocycles. The third-order valence-electron chi connectivity index (χ3n) is 12.7. The highest BCUT2D eigenvalue weighted by molar-refractivity contribution is 6.43. The Kier molecular flexibility index (Phi) is 8.91. The number of benzene rings is 2. The molecular weight excluding hydrogens is 764 g/mol. The molecule has 7 atom stereocenters. The first-order chi connectivity index (χ1) is 26.8. The van der Waals surface area contributed by atoms with Crippen LogP contribution in [0.2, 0.25) is 10.0 Å². The van der Waals surface area contributed by atoms with E-state index in [-0.39, 0.29) is 69.7 Å². The maximum Gasteiger partial charge on any atom is 0.410 e. The number of amides is 1. The van der Waals surface area contributed by atoms with Gasteiger partial charge in [0.05, 0.1) is 46.9 Å². The lowest BCUT2D eigenvalue weighted by Gasteiger charge is -2.41. The molecule has 1 amide bonds. The standard InChI is InChI=1S/C41H39Cl2F3N8O2/c1-19-25-14-30(39-26-13-23(53(39)40(55)56-4)17-52(20(26)2)32-15-31(41(3,45)46)49-18-50-32)54(37-22-12-29(37)48-16-22)38(25)27-11-21(7-6-10-47)33(35(44)36(27)51-19)24-8-5-9-28(42)34(24)43/h5,8-9,11,14-15,18,20,22-23,26,29,37,39,48H,6-7,12-13,16-17H2,1-4H3/t20?,22-,23-,26+,29-,37+,39?/m1/s1. The number of aryl methyl sites for hydroxylation is 2. The molecule has 290 valence electrons. The summed E-state index contributed by atoms with van der Waals surface area (Å²) in [6, 6.07) is 11.8. The molecule has 0 spiro atoms. The van der Waals surface area contributed by atoms with E-state index in [4.69, 9.17) is 32.9 Å². The average Bonchev–Trinajstić information content (AvgIpc) is 3.97. The molecule has 4 bridgehead atoms. The fourth-order valence-corrected chi connectivity index (χ4v) is 10.5. The summed E-state index contributed by atoms with van der Waals surface area (Å²) in [6.07, 6.45) is 2.74. The first-order valence-electron chi connectivity index (χ1n) is 18.9. The summed E-state index contributed by atoms with van der Waals surface area (Å²) in [4.78, 5) is 30.9. The minimum absolute atomic E-state index is 0.0164. The second-order valence-electron chi connectivity index (χ2n) is 15.7. The van der Waals surface area contributed by atoms with Crippen molar-refractivity contribution in [1.82, 2.24) is 29.7 Å². The van der Waals surface area contributed by atoms with Crippen molar-refractivity contribution in [2.45, 2.75) is 82.6 Å². The fraction of sp³-hybridized carbons (Fsp3) is 0.439. The summed E-state index contributed by atoms with van der Waals surface area (Å²) in [5, 5.41) is 15.2. The SMILES string of the molecule is COC(=O)N1C(c2cc3c(C)nc4c(F)c(-c5cccc(Cl)c5Cl)c(CCC#N)cc4c3n2[C@H]2[C@H]3CN[C@@H]2C3)[C@H]2C[C@@H]1CN(c1cc(C(C)(F)F)ncn1)C2C. The zero-order valence-corrected chi connectivity index (χ0v) is 32.7. The van der Waals surface area contributed by atoms with Gasteiger partial charge in [0.1, 0.15) is 23.4 Å². The topological polar surface area (TPSA) is 112 Å². The lowest BCUT2D eigenvalue weighted by atomic mass is 9.79. The molecule has 56 heavy (non-hydrogen) atoms. The van der Waals surface area contributed by atoms with Crippen LogP contribution in [0.15, 0.2) is 42.7 Å². The zero-order chi connectivity index (χ0) is 39.4. The van der Waals surface area contributed by atoms with E-state index < -0.39 is 23.9 Å². The van der Waals surface area contributed by atoms with Crippen LogP contribution in [0.1, 0.15) is 67.8 Å². The van der Waals surface area contributed by atoms with Gasteiger partial charge in [-0.2, -0.15) is 14.0 Å². The quantitative estimate of drug-likeness (QED) is 0.174. The second-order valence-corrected chi connectivity index (χ2v) is 16.5. The first kappa shape index (κ1) is 37.0. The zero-order valence-electron chi connectivity index (χ0n) is 31.2. The van der Waals surface area contributed by atoms with Crippen molar-refractivity contribution in [2.75, 3.05) is 25.1 Å². The van der Waals surface area contributed by atoms with Gasteiger partial charge in [0, 0.05) is 83.8 Å². The van der Waals surface area contributed by atoms with Crippen LogP contribution in [-0.4, -0.2) is 68.8 Å². The minimum atomic E-state index is -3.16. The van der Waals surface area contributed by atoms with Crippen molar-refractivity contribution in [1.29, 1.82) is 5.26 Å². The number of hydrogen-bond acceptors (Lipinski definition) is 8. The summed E-state index contributed by atoms with van der Waals surface area (Å²) in [5.41, 5.74) is 3.41. The summed E-state index contributed by atoms with van der Waals surface area (Å²) in [7, 11) is 1.37. The summed E-state index contributed by atoms with van der Waals surface area (Å²) < 4.78 is 54.0. The second kappa shape index (κ2) is 13.5. The number of nitrogens with one attached hydrogen (secondary N) is 1. The number of pyridine rings is 1. The number of anilines is 1. The van der Waals surface area contributed by atoms with E-state index in [9.17, 15) is 18.8 Å². The van der Waals surface area contributed by atoms with Crippen molar-refractivity contribution >= 4 is 56.9 Å². The fourth-order valence-electron chi connectivity index (χ4n) is 10.1. The van der Waals surface area contributed by atoms with Crippen molar-refractivity contribution in [3.05, 3.63) is 81.2 Å². The number of fused-ring (bicyclic) bond motifs is 6. The third-order valence-corrected chi connectivity index (χ3v) is 13.5. The van der Waals surface area contributed by atoms with Crippen LogP contribution in [0, 0.1) is 35.9 Å². The Bertz CT molecular complexity index is 2470. The number of nitriles is 1. The number of carbonyl (C=O) groups is 1. The minimum Gasteiger partial charge on any atom is -0.453 e. The lowest BCUT2D eigenvalue weighted by molar-refractivity contribution is 0.0126. The molecule has 5 aliphatic rings. The molecule has 3 aromatic heterocycles. The predicted octanol–water partition coefficient (Wildman–Crippen LogP) is 8.91. The Morgan fingerprint density at radius 3 is 2.66 bits per heavy atom. The third kappa shape index (κ3) is 5.54. The number of piperidine rings is 1. The smallest absolute Gasteiger partial charge is 0.410 e. The summed E-state index contributed by atoms with van der Waals surface area (Å²) in [5.74, 6) is -3.18. The van der Waals surface area contributed by atoms with Gasteiger partial charge in [-0.3, -0.25) is 4.90 Å². The molecule has 5 aromatic rings. The van der Waals surface area contributed by atoms with E-state index in [2.05, 4.69) is 32.0 Å². The Labute approximate surface area is 331 Å². The van der Waals surface area contributed by atoms with E-state index in [0.717, 1.165) is 42.8 Å². The van der Waals surface area contributed by atoms with Crippen molar-refractivity contribution in [3.8, 4) is 17.2 Å². The van der Waals surface area contributed by atoms with Crippen LogP contribution < -0.4 is 10.2 Å². The van der Waals surface area contributed by atoms with Crippen LogP contribution in [0.5, 0.6) is 0 Å². The largest absolute Gasteiger partial charge is 0.453 e. The Morgan fingerprint density at radius 1 is 1.16 bits per heavy atom. The molecule has 7 heterocycles. The number of aromatic nitrogens is 4. The molecule has 2 aromatic carbocycles. The number of hydrogen-bond donors (Lipinski definition) is 1. The summed E-state index contributed by atoms with van der Waals surface area (Å²) in [6.45, 7) is 5.91. The summed E-state index contributed by atoms with van der Waals surface area (Å²) >= 11 is 13.1. The van der Waals surface area contributed by atoms with Crippen LogP contribution in [0.3, 0.4) is 0 Å². The van der Waals surface area contributed by atoms with Gasteiger partial charge in [0.25, 0.3) is 5.92 Å². The van der Waals surface area contributed by atoms with E-state index in [1.54, 1.807) is 23.1 Å². The molecule has 1 aliphatic carbocycles. The highest BCUT2D eigenvalue weighted by atomic mass is 35.5. The van der Waals surface area contributed by atoms with Gasteiger partial charge in [0.2, 0.25) is 0 Å². The van der Waals surface area contributed by atoms with Gasteiger partial charge in [-0.25, -0.2) is 24.1 Å². The van der Waals surface area contributed by atoms with Gasteiger partial charge in [-0.05, 0) is 62.8 Å².